The van der Waals surface area contributed by atoms with Crippen LogP contribution in [0.15, 0.2) is 24.3 Å². The van der Waals surface area contributed by atoms with Gasteiger partial charge in [0.15, 0.2) is 6.29 Å². The number of hydrogen-bond donors (Lipinski definition) is 1. The molecule has 4 heteroatoms. The topological polar surface area (TPSA) is 45.5 Å². The van der Waals surface area contributed by atoms with Crippen molar-refractivity contribution in [3.05, 3.63) is 35.5 Å². The summed E-state index contributed by atoms with van der Waals surface area (Å²) >= 11 is 0. The first-order chi connectivity index (χ1) is 9.04. The van der Waals surface area contributed by atoms with E-state index in [0.29, 0.717) is 18.7 Å². The molecule has 0 spiro atoms. The molecule has 2 rings (SSSR count). The van der Waals surface area contributed by atoms with Gasteiger partial charge < -0.3 is 14.6 Å². The first-order valence-corrected chi connectivity index (χ1v) is 6.40. The number of benzene rings is 1. The number of likely N-dealkylation sites (N-methyl/N-ethyl adjacent to an activating group) is 1. The smallest absolute Gasteiger partial charge is 0.152 e. The van der Waals surface area contributed by atoms with Gasteiger partial charge in [-0.15, -0.1) is 0 Å². The number of aliphatic hydroxyl groups excluding tert-OH is 1. The summed E-state index contributed by atoms with van der Waals surface area (Å²) in [5.41, 5.74) is 2.63. The largest absolute Gasteiger partial charge is 0.390 e. The van der Waals surface area contributed by atoms with Gasteiger partial charge in [-0.05, 0) is 27.1 Å². The molecule has 4 nitrogen and oxygen atoms in total. The Morgan fingerprint density at radius 1 is 1.37 bits per heavy atom. The number of carbonyl (C=O) groups excluding carboxylic acids is 1. The van der Waals surface area contributed by atoms with Crippen LogP contribution in [0.5, 0.6) is 0 Å². The second kappa shape index (κ2) is 5.55. The van der Waals surface area contributed by atoms with E-state index in [4.69, 9.17) is 0 Å². The average Bonchev–Trinajstić information content (AvgIpc) is 2.61. The molecule has 0 aliphatic carbocycles. The van der Waals surface area contributed by atoms with Crippen LogP contribution in [0.25, 0.3) is 10.9 Å². The summed E-state index contributed by atoms with van der Waals surface area (Å²) in [4.78, 5) is 13.2. The number of fused-ring (bicyclic) bond motifs is 1. The maximum Gasteiger partial charge on any atom is 0.152 e. The van der Waals surface area contributed by atoms with Crippen molar-refractivity contribution in [3.63, 3.8) is 0 Å². The Morgan fingerprint density at radius 2 is 2.05 bits per heavy atom. The van der Waals surface area contributed by atoms with Gasteiger partial charge in [0.2, 0.25) is 0 Å². The number of carbonyl (C=O) groups is 1. The zero-order valence-corrected chi connectivity index (χ0v) is 11.6. The van der Waals surface area contributed by atoms with Gasteiger partial charge in [-0.3, -0.25) is 4.79 Å². The number of hydrogen-bond acceptors (Lipinski definition) is 3. The van der Waals surface area contributed by atoms with Crippen molar-refractivity contribution in [2.24, 2.45) is 0 Å². The summed E-state index contributed by atoms with van der Waals surface area (Å²) < 4.78 is 2.02. The van der Waals surface area contributed by atoms with Crippen LogP contribution in [-0.2, 0) is 6.54 Å². The van der Waals surface area contributed by atoms with Crippen LogP contribution in [0.4, 0.5) is 0 Å². The Bertz CT molecular complexity index is 587. The molecule has 102 valence electrons. The maximum absolute atomic E-state index is 11.2. The summed E-state index contributed by atoms with van der Waals surface area (Å²) in [5.74, 6) is 0. The van der Waals surface area contributed by atoms with Crippen molar-refractivity contribution in [1.82, 2.24) is 9.47 Å². The number of aliphatic hydroxyl groups is 1. The Kier molecular flexibility index (Phi) is 4.02. The number of para-hydroxylation sites is 1. The van der Waals surface area contributed by atoms with Crippen molar-refractivity contribution in [2.45, 2.75) is 19.6 Å². The van der Waals surface area contributed by atoms with E-state index in [1.165, 1.54) is 0 Å². The molecule has 1 aromatic carbocycles. The van der Waals surface area contributed by atoms with Gasteiger partial charge in [0.25, 0.3) is 0 Å². The quantitative estimate of drug-likeness (QED) is 0.832. The molecule has 1 aromatic heterocycles. The van der Waals surface area contributed by atoms with Crippen molar-refractivity contribution in [2.75, 3.05) is 20.6 Å². The molecule has 0 aliphatic rings. The average molecular weight is 260 g/mol. The van der Waals surface area contributed by atoms with Gasteiger partial charge in [0.1, 0.15) is 0 Å². The molecule has 19 heavy (non-hydrogen) atoms. The monoisotopic (exact) mass is 260 g/mol. The van der Waals surface area contributed by atoms with Gasteiger partial charge in [0.05, 0.1) is 12.6 Å². The Balaban J connectivity index is 2.42. The van der Waals surface area contributed by atoms with Crippen LogP contribution in [0.2, 0.25) is 0 Å². The number of rotatable bonds is 5. The molecule has 0 aliphatic heterocycles. The Labute approximate surface area is 113 Å². The molecule has 0 saturated carbocycles. The molecule has 1 unspecified atom stereocenters. The van der Waals surface area contributed by atoms with Crippen LogP contribution in [-0.4, -0.2) is 47.6 Å². The van der Waals surface area contributed by atoms with Crippen LogP contribution < -0.4 is 0 Å². The van der Waals surface area contributed by atoms with Crippen molar-refractivity contribution in [1.29, 1.82) is 0 Å². The van der Waals surface area contributed by atoms with Gasteiger partial charge in [-0.25, -0.2) is 0 Å². The molecule has 0 fully saturated rings. The van der Waals surface area contributed by atoms with Crippen LogP contribution in [0.1, 0.15) is 16.1 Å². The number of nitrogens with zero attached hydrogens (tertiary/aromatic N) is 2. The lowest BCUT2D eigenvalue weighted by Crippen LogP contribution is -2.29. The third-order valence-electron chi connectivity index (χ3n) is 3.37. The molecule has 0 bridgehead atoms. The van der Waals surface area contributed by atoms with E-state index in [2.05, 4.69) is 0 Å². The van der Waals surface area contributed by atoms with Crippen LogP contribution >= 0.6 is 0 Å². The van der Waals surface area contributed by atoms with E-state index < -0.39 is 6.10 Å². The van der Waals surface area contributed by atoms with Crippen LogP contribution in [0.3, 0.4) is 0 Å². The third kappa shape index (κ3) is 2.69. The first-order valence-electron chi connectivity index (χ1n) is 6.40. The number of aldehydes is 1. The van der Waals surface area contributed by atoms with E-state index in [1.807, 2.05) is 54.8 Å². The predicted octanol–water partition coefficient (Wildman–Crippen LogP) is 1.68. The molecule has 0 amide bonds. The Hall–Kier alpha value is -1.65. The highest BCUT2D eigenvalue weighted by molar-refractivity contribution is 5.99. The summed E-state index contributed by atoms with van der Waals surface area (Å²) in [5, 5.41) is 11.0. The third-order valence-corrected chi connectivity index (χ3v) is 3.37. The molecule has 0 saturated heterocycles. The first kappa shape index (κ1) is 13.8. The normalized spacial score (nSPS) is 13.1. The molecule has 1 N–H and O–H groups in total. The van der Waals surface area contributed by atoms with E-state index in [-0.39, 0.29) is 0 Å². The highest BCUT2D eigenvalue weighted by Gasteiger charge is 2.15. The predicted molar refractivity (Wildman–Crippen MR) is 76.6 cm³/mol. The van der Waals surface area contributed by atoms with Gasteiger partial charge in [-0.2, -0.15) is 0 Å². The highest BCUT2D eigenvalue weighted by atomic mass is 16.3. The maximum atomic E-state index is 11.2. The van der Waals surface area contributed by atoms with Crippen molar-refractivity contribution >= 4 is 17.2 Å². The van der Waals surface area contributed by atoms with Gasteiger partial charge >= 0.3 is 0 Å². The zero-order valence-electron chi connectivity index (χ0n) is 11.6. The standard InChI is InChI=1S/C15H20N2O2/c1-11-14(10-18)13-6-4-5-7-15(13)17(11)9-12(19)8-16(2)3/h4-7,10,12,19H,8-9H2,1-3H3. The van der Waals surface area contributed by atoms with Crippen molar-refractivity contribution in [3.8, 4) is 0 Å². The fourth-order valence-corrected chi connectivity index (χ4v) is 2.53. The lowest BCUT2D eigenvalue weighted by atomic mass is 10.1. The fourth-order valence-electron chi connectivity index (χ4n) is 2.53. The molecule has 1 heterocycles. The van der Waals surface area contributed by atoms with Gasteiger partial charge in [-0.1, -0.05) is 18.2 Å². The zero-order chi connectivity index (χ0) is 14.0. The molecular formula is C15H20N2O2. The minimum Gasteiger partial charge on any atom is -0.390 e. The van der Waals surface area contributed by atoms with E-state index in [0.717, 1.165) is 22.9 Å². The summed E-state index contributed by atoms with van der Waals surface area (Å²) in [7, 11) is 3.86. The second-order valence-electron chi connectivity index (χ2n) is 5.16. The molecule has 2 aromatic rings. The minimum absolute atomic E-state index is 0.455. The molecule has 1 atom stereocenters. The lowest BCUT2D eigenvalue weighted by Gasteiger charge is -2.18. The minimum atomic E-state index is -0.455. The highest BCUT2D eigenvalue weighted by Crippen LogP contribution is 2.24. The van der Waals surface area contributed by atoms with Crippen molar-refractivity contribution < 1.29 is 9.90 Å². The summed E-state index contributed by atoms with van der Waals surface area (Å²) in [6.45, 7) is 3.02. The second-order valence-corrected chi connectivity index (χ2v) is 5.16. The fraction of sp³-hybridized carbons (Fsp3) is 0.400. The van der Waals surface area contributed by atoms with Crippen LogP contribution in [0, 0.1) is 6.92 Å². The lowest BCUT2D eigenvalue weighted by molar-refractivity contribution is 0.111. The Morgan fingerprint density at radius 3 is 2.68 bits per heavy atom. The molecule has 0 radical (unpaired) electrons. The van der Waals surface area contributed by atoms with Gasteiger partial charge in [0, 0.05) is 28.7 Å². The van der Waals surface area contributed by atoms with E-state index >= 15 is 0 Å². The summed E-state index contributed by atoms with van der Waals surface area (Å²) in [6.07, 6.45) is 0.441. The summed E-state index contributed by atoms with van der Waals surface area (Å²) in [6, 6.07) is 7.80. The van der Waals surface area contributed by atoms with E-state index in [9.17, 15) is 9.90 Å². The number of aromatic nitrogens is 1. The molecular weight excluding hydrogens is 240 g/mol. The SMILES string of the molecule is Cc1c(C=O)c2ccccc2n1CC(O)CN(C)C. The van der Waals surface area contributed by atoms with E-state index in [1.54, 1.807) is 0 Å².